The smallest absolute Gasteiger partial charge is 0.259 e. The molecule has 0 atom stereocenters. The summed E-state index contributed by atoms with van der Waals surface area (Å²) in [6, 6.07) is 12.2. The fourth-order valence-corrected chi connectivity index (χ4v) is 4.18. The number of rotatable bonds is 7. The van der Waals surface area contributed by atoms with Gasteiger partial charge in [0.2, 0.25) is 5.95 Å². The molecule has 0 saturated heterocycles. The molecule has 0 unspecified atom stereocenters. The molecule has 33 heavy (non-hydrogen) atoms. The first-order valence-electron chi connectivity index (χ1n) is 10.9. The van der Waals surface area contributed by atoms with Gasteiger partial charge in [0.05, 0.1) is 17.6 Å². The van der Waals surface area contributed by atoms with E-state index < -0.39 is 0 Å². The number of hydrogen-bond donors (Lipinski definition) is 2. The topological polar surface area (TPSA) is 127 Å². The van der Waals surface area contributed by atoms with E-state index in [1.807, 2.05) is 24.1 Å². The van der Waals surface area contributed by atoms with Crippen molar-refractivity contribution in [3.8, 4) is 22.6 Å². The first-order chi connectivity index (χ1) is 16.1. The fourth-order valence-electron chi connectivity index (χ4n) is 4.18. The molecule has 0 amide bonds. The lowest BCUT2D eigenvalue weighted by molar-refractivity contribution is 0.273. The third-order valence-electron chi connectivity index (χ3n) is 6.33. The molecule has 1 saturated carbocycles. The second kappa shape index (κ2) is 8.59. The third kappa shape index (κ3) is 3.91. The zero-order valence-electron chi connectivity index (χ0n) is 18.3. The van der Waals surface area contributed by atoms with Crippen LogP contribution in [0.15, 0.2) is 59.5 Å². The van der Waals surface area contributed by atoms with Gasteiger partial charge in [0.25, 0.3) is 5.89 Å². The second-order valence-electron chi connectivity index (χ2n) is 8.32. The van der Waals surface area contributed by atoms with Crippen molar-refractivity contribution in [1.29, 1.82) is 0 Å². The van der Waals surface area contributed by atoms with E-state index in [2.05, 4.69) is 44.4 Å². The van der Waals surface area contributed by atoms with Crippen molar-refractivity contribution in [1.82, 2.24) is 25.1 Å². The predicted molar refractivity (Wildman–Crippen MR) is 124 cm³/mol. The summed E-state index contributed by atoms with van der Waals surface area (Å²) in [5.74, 6) is 2.19. The summed E-state index contributed by atoms with van der Waals surface area (Å²) < 4.78 is 5.62. The molecule has 1 aliphatic rings. The maximum atomic E-state index is 9.10. The summed E-state index contributed by atoms with van der Waals surface area (Å²) in [7, 11) is 1.88. The Morgan fingerprint density at radius 3 is 2.27 bits per heavy atom. The molecule has 3 N–H and O–H groups in total. The molecule has 3 aromatic heterocycles. The normalized spacial score (nSPS) is 14.6. The van der Waals surface area contributed by atoms with Crippen LogP contribution in [0.4, 0.5) is 11.8 Å². The van der Waals surface area contributed by atoms with Gasteiger partial charge in [0.15, 0.2) is 5.82 Å². The van der Waals surface area contributed by atoms with E-state index in [1.165, 1.54) is 5.56 Å². The molecule has 0 aliphatic heterocycles. The summed E-state index contributed by atoms with van der Waals surface area (Å²) in [5.41, 5.74) is 9.23. The average molecular weight is 444 g/mol. The van der Waals surface area contributed by atoms with Gasteiger partial charge in [0, 0.05) is 37.7 Å². The van der Waals surface area contributed by atoms with E-state index in [9.17, 15) is 0 Å². The van der Waals surface area contributed by atoms with Crippen LogP contribution in [0.5, 0.6) is 0 Å². The standard InChI is InChI=1S/C24H25N7O2/c1-31(11-12-32)20-8-5-17(13-26-20)21-29-22(30-33-21)24(9-2-10-24)19-6-3-16(4-7-19)18-14-27-23(25)28-15-18/h3-8,13-15,32H,2,9-12H2,1H3,(H2,25,27,28). The summed E-state index contributed by atoms with van der Waals surface area (Å²) >= 11 is 0. The lowest BCUT2D eigenvalue weighted by atomic mass is 9.64. The molecule has 3 heterocycles. The van der Waals surface area contributed by atoms with Gasteiger partial charge in [-0.3, -0.25) is 0 Å². The van der Waals surface area contributed by atoms with Crippen molar-refractivity contribution in [3.05, 3.63) is 66.4 Å². The average Bonchev–Trinajstić information content (AvgIpc) is 3.30. The van der Waals surface area contributed by atoms with Gasteiger partial charge in [-0.05, 0) is 36.1 Å². The molecular weight excluding hydrogens is 418 g/mol. The summed E-state index contributed by atoms with van der Waals surface area (Å²) in [5, 5.41) is 13.5. The molecule has 4 aromatic rings. The lowest BCUT2D eigenvalue weighted by Gasteiger charge is -2.39. The minimum atomic E-state index is -0.243. The van der Waals surface area contributed by atoms with Gasteiger partial charge < -0.3 is 20.3 Å². The Morgan fingerprint density at radius 1 is 0.970 bits per heavy atom. The van der Waals surface area contributed by atoms with Crippen LogP contribution in [0.25, 0.3) is 22.6 Å². The largest absolute Gasteiger partial charge is 0.395 e. The van der Waals surface area contributed by atoms with Gasteiger partial charge in [-0.2, -0.15) is 4.98 Å². The maximum absolute atomic E-state index is 9.10. The summed E-state index contributed by atoms with van der Waals surface area (Å²) in [4.78, 5) is 19.2. The van der Waals surface area contributed by atoms with E-state index in [-0.39, 0.29) is 18.0 Å². The van der Waals surface area contributed by atoms with Crippen molar-refractivity contribution < 1.29 is 9.63 Å². The van der Waals surface area contributed by atoms with E-state index in [1.54, 1.807) is 18.6 Å². The molecule has 1 aromatic carbocycles. The van der Waals surface area contributed by atoms with E-state index in [0.29, 0.717) is 18.3 Å². The number of likely N-dealkylation sites (N-methyl/N-ethyl adjacent to an activating group) is 1. The lowest BCUT2D eigenvalue weighted by Crippen LogP contribution is -2.36. The second-order valence-corrected chi connectivity index (χ2v) is 8.32. The number of hydrogen-bond acceptors (Lipinski definition) is 9. The molecule has 1 aliphatic carbocycles. The number of anilines is 2. The monoisotopic (exact) mass is 443 g/mol. The van der Waals surface area contributed by atoms with E-state index >= 15 is 0 Å². The Labute approximate surface area is 191 Å². The predicted octanol–water partition coefficient (Wildman–Crippen LogP) is 3.07. The molecule has 5 rings (SSSR count). The van der Waals surface area contributed by atoms with Crippen LogP contribution in [0.2, 0.25) is 0 Å². The van der Waals surface area contributed by atoms with Crippen LogP contribution >= 0.6 is 0 Å². The Hall–Kier alpha value is -3.85. The molecule has 9 heteroatoms. The van der Waals surface area contributed by atoms with Crippen LogP contribution in [-0.2, 0) is 5.41 Å². The number of aliphatic hydroxyl groups is 1. The molecule has 0 bridgehead atoms. The summed E-state index contributed by atoms with van der Waals surface area (Å²) in [6.45, 7) is 0.591. The number of benzene rings is 1. The Bertz CT molecular complexity index is 1220. The van der Waals surface area contributed by atoms with Crippen molar-refractivity contribution in [2.24, 2.45) is 0 Å². The van der Waals surface area contributed by atoms with Gasteiger partial charge in [0.1, 0.15) is 5.82 Å². The van der Waals surface area contributed by atoms with Gasteiger partial charge >= 0.3 is 0 Å². The highest BCUT2D eigenvalue weighted by atomic mass is 16.5. The number of aliphatic hydroxyl groups excluding tert-OH is 1. The van der Waals surface area contributed by atoms with Crippen LogP contribution in [0.3, 0.4) is 0 Å². The van der Waals surface area contributed by atoms with Crippen molar-refractivity contribution in [3.63, 3.8) is 0 Å². The van der Waals surface area contributed by atoms with E-state index in [0.717, 1.165) is 41.8 Å². The highest BCUT2D eigenvalue weighted by Gasteiger charge is 2.44. The Morgan fingerprint density at radius 2 is 1.67 bits per heavy atom. The fraction of sp³-hybridized carbons (Fsp3) is 0.292. The van der Waals surface area contributed by atoms with Gasteiger partial charge in [-0.25, -0.2) is 15.0 Å². The molecule has 168 valence electrons. The minimum Gasteiger partial charge on any atom is -0.395 e. The highest BCUT2D eigenvalue weighted by Crippen LogP contribution is 2.48. The molecular formula is C24H25N7O2. The van der Waals surface area contributed by atoms with Crippen molar-refractivity contribution in [2.45, 2.75) is 24.7 Å². The molecule has 0 spiro atoms. The first kappa shape index (κ1) is 21.0. The SMILES string of the molecule is CN(CCO)c1ccc(-c2nc(C3(c4ccc(-c5cnc(N)nc5)cc4)CCC3)no2)cn1. The van der Waals surface area contributed by atoms with Gasteiger partial charge in [-0.15, -0.1) is 0 Å². The Kier molecular flexibility index (Phi) is 5.47. The van der Waals surface area contributed by atoms with E-state index in [4.69, 9.17) is 20.3 Å². The highest BCUT2D eigenvalue weighted by molar-refractivity contribution is 5.63. The quantitative estimate of drug-likeness (QED) is 0.443. The number of nitrogen functional groups attached to an aromatic ring is 1. The number of aromatic nitrogens is 5. The molecule has 1 fully saturated rings. The van der Waals surface area contributed by atoms with Gasteiger partial charge in [-0.1, -0.05) is 35.8 Å². The Balaban J connectivity index is 1.39. The zero-order chi connectivity index (χ0) is 22.8. The number of nitrogens with zero attached hydrogens (tertiary/aromatic N) is 6. The van der Waals surface area contributed by atoms with Crippen LogP contribution < -0.4 is 10.6 Å². The minimum absolute atomic E-state index is 0.0732. The zero-order valence-corrected chi connectivity index (χ0v) is 18.3. The van der Waals surface area contributed by atoms with Crippen molar-refractivity contribution >= 4 is 11.8 Å². The number of pyridine rings is 1. The number of nitrogens with two attached hydrogens (primary N) is 1. The summed E-state index contributed by atoms with van der Waals surface area (Å²) in [6.07, 6.45) is 8.23. The van der Waals surface area contributed by atoms with Crippen LogP contribution in [0.1, 0.15) is 30.7 Å². The van der Waals surface area contributed by atoms with Crippen molar-refractivity contribution in [2.75, 3.05) is 30.8 Å². The van der Waals surface area contributed by atoms with Crippen LogP contribution in [0, 0.1) is 0 Å². The first-order valence-corrected chi connectivity index (χ1v) is 10.9. The molecule has 0 radical (unpaired) electrons. The molecule has 9 nitrogen and oxygen atoms in total. The maximum Gasteiger partial charge on any atom is 0.259 e. The third-order valence-corrected chi connectivity index (χ3v) is 6.33. The van der Waals surface area contributed by atoms with Crippen LogP contribution in [-0.4, -0.2) is 50.4 Å².